The lowest BCUT2D eigenvalue weighted by molar-refractivity contribution is 0.0847. The fourth-order valence-electron chi connectivity index (χ4n) is 5.40. The van der Waals surface area contributed by atoms with E-state index in [-0.39, 0.29) is 44.1 Å². The molecule has 4 aromatic rings. The molecule has 1 amide bonds. The predicted octanol–water partition coefficient (Wildman–Crippen LogP) is 5.64. The van der Waals surface area contributed by atoms with Gasteiger partial charge in [-0.25, -0.2) is 4.98 Å². The van der Waals surface area contributed by atoms with Crippen molar-refractivity contribution in [1.82, 2.24) is 19.8 Å². The summed E-state index contributed by atoms with van der Waals surface area (Å²) < 4.78 is 13.0. The van der Waals surface area contributed by atoms with Crippen molar-refractivity contribution in [3.63, 3.8) is 0 Å². The maximum absolute atomic E-state index is 13.4. The van der Waals surface area contributed by atoms with Crippen LogP contribution in [0, 0.1) is 6.92 Å². The number of nitrogens with zero attached hydrogens (tertiary/aromatic N) is 4. The van der Waals surface area contributed by atoms with Crippen molar-refractivity contribution in [1.29, 1.82) is 0 Å². The molecule has 3 heterocycles. The molecule has 44 heavy (non-hydrogen) atoms. The van der Waals surface area contributed by atoms with Gasteiger partial charge in [0.05, 0.1) is 33.2 Å². The van der Waals surface area contributed by atoms with E-state index in [1.165, 1.54) is 0 Å². The second-order valence-electron chi connectivity index (χ2n) is 10.3. The third-order valence-corrected chi connectivity index (χ3v) is 8.39. The number of fused-ring (bicyclic) bond motifs is 1. The quantitative estimate of drug-likeness (QED) is 0.249. The summed E-state index contributed by atoms with van der Waals surface area (Å²) in [5.74, 6) is 1.61. The summed E-state index contributed by atoms with van der Waals surface area (Å²) in [4.78, 5) is 22.5. The van der Waals surface area contributed by atoms with Gasteiger partial charge in [-0.1, -0.05) is 59.6 Å². The molecule has 1 saturated heterocycles. The summed E-state index contributed by atoms with van der Waals surface area (Å²) in [6.45, 7) is 5.63. The summed E-state index contributed by atoms with van der Waals surface area (Å²) in [6, 6.07) is 21.0. The van der Waals surface area contributed by atoms with Crippen LogP contribution >= 0.6 is 48.0 Å². The van der Waals surface area contributed by atoms with E-state index in [1.54, 1.807) is 6.07 Å². The van der Waals surface area contributed by atoms with Crippen molar-refractivity contribution in [2.24, 2.45) is 0 Å². The van der Waals surface area contributed by atoms with Gasteiger partial charge >= 0.3 is 0 Å². The van der Waals surface area contributed by atoms with E-state index < -0.39 is 6.10 Å². The second-order valence-corrected chi connectivity index (χ2v) is 11.1. The van der Waals surface area contributed by atoms with Gasteiger partial charge in [-0.15, -0.1) is 24.8 Å². The van der Waals surface area contributed by atoms with Crippen molar-refractivity contribution in [3.8, 4) is 28.6 Å². The van der Waals surface area contributed by atoms with Crippen molar-refractivity contribution in [3.05, 3.63) is 88.2 Å². The monoisotopic (exact) mass is 679 g/mol. The first kappa shape index (κ1) is 33.7. The minimum absolute atomic E-state index is 0. The average molecular weight is 681 g/mol. The number of rotatable bonds is 8. The number of piperazine rings is 1. The summed E-state index contributed by atoms with van der Waals surface area (Å²) >= 11 is 12.6. The third kappa shape index (κ3) is 7.04. The number of amides is 1. The highest BCUT2D eigenvalue weighted by molar-refractivity contribution is 6.43. The van der Waals surface area contributed by atoms with E-state index in [9.17, 15) is 9.90 Å². The summed E-state index contributed by atoms with van der Waals surface area (Å²) in [5.41, 5.74) is 3.57. The number of imidazole rings is 1. The molecule has 1 fully saturated rings. The van der Waals surface area contributed by atoms with Crippen LogP contribution in [0.15, 0.2) is 66.7 Å². The number of β-amino-alcohol motifs (C(OH)–C–C–N with tert-alkyl or cyclic N) is 1. The van der Waals surface area contributed by atoms with Crippen LogP contribution in [0.4, 0.5) is 5.69 Å². The molecule has 2 N–H and O–H groups in total. The van der Waals surface area contributed by atoms with Gasteiger partial charge < -0.3 is 24.8 Å². The molecular formula is C31H33Cl4N5O4. The minimum atomic E-state index is -0.736. The fraction of sp³-hybridized carbons (Fsp3) is 0.290. The van der Waals surface area contributed by atoms with E-state index in [0.29, 0.717) is 45.3 Å². The highest BCUT2D eigenvalue weighted by Crippen LogP contribution is 2.36. The largest absolute Gasteiger partial charge is 0.454 e. The smallest absolute Gasteiger partial charge is 0.271 e. The lowest BCUT2D eigenvalue weighted by Gasteiger charge is -2.37. The van der Waals surface area contributed by atoms with Crippen LogP contribution in [0.2, 0.25) is 10.0 Å². The molecule has 0 radical (unpaired) electrons. The SMILES string of the molecule is Cc1c(C(=O)NCC(O)CN2CCN(c3cccc(Cl)c3Cl)CC2)nc(-c2ccccc2)n1-c1ccc2c(c1)OCO2.Cl.Cl. The van der Waals surface area contributed by atoms with Gasteiger partial charge in [0.15, 0.2) is 11.5 Å². The molecule has 6 rings (SSSR count). The Morgan fingerprint density at radius 1 is 0.977 bits per heavy atom. The summed E-state index contributed by atoms with van der Waals surface area (Å²) in [5, 5.41) is 14.8. The molecule has 13 heteroatoms. The molecule has 0 saturated carbocycles. The van der Waals surface area contributed by atoms with Crippen molar-refractivity contribution >= 4 is 59.6 Å². The van der Waals surface area contributed by atoms with E-state index in [0.717, 1.165) is 43.1 Å². The first-order valence-electron chi connectivity index (χ1n) is 13.8. The zero-order valence-corrected chi connectivity index (χ0v) is 27.1. The zero-order valence-electron chi connectivity index (χ0n) is 23.9. The summed E-state index contributed by atoms with van der Waals surface area (Å²) in [6.07, 6.45) is -0.736. The van der Waals surface area contributed by atoms with E-state index in [1.807, 2.05) is 72.2 Å². The fourth-order valence-corrected chi connectivity index (χ4v) is 5.82. The number of nitrogens with one attached hydrogen (secondary N) is 1. The number of benzene rings is 3. The highest BCUT2D eigenvalue weighted by Gasteiger charge is 2.25. The van der Waals surface area contributed by atoms with Gasteiger partial charge in [-0.05, 0) is 31.2 Å². The van der Waals surface area contributed by atoms with Gasteiger partial charge in [0.2, 0.25) is 6.79 Å². The Labute approximate surface area is 278 Å². The number of carbonyl (C=O) groups excluding carboxylic acids is 1. The molecule has 1 aromatic heterocycles. The molecule has 3 aromatic carbocycles. The maximum atomic E-state index is 13.4. The van der Waals surface area contributed by atoms with Crippen LogP contribution in [0.3, 0.4) is 0 Å². The van der Waals surface area contributed by atoms with Gasteiger partial charge in [-0.3, -0.25) is 14.3 Å². The topological polar surface area (TPSA) is 92.1 Å². The molecule has 1 atom stereocenters. The van der Waals surface area contributed by atoms with E-state index in [4.69, 9.17) is 37.7 Å². The Hall–Kier alpha value is -3.18. The minimum Gasteiger partial charge on any atom is -0.454 e. The van der Waals surface area contributed by atoms with Crippen LogP contribution < -0.4 is 19.7 Å². The first-order valence-corrected chi connectivity index (χ1v) is 14.6. The Morgan fingerprint density at radius 2 is 1.70 bits per heavy atom. The number of hydrogen-bond donors (Lipinski definition) is 2. The van der Waals surface area contributed by atoms with Crippen molar-refractivity contribution in [2.75, 3.05) is 51.0 Å². The number of carbonyl (C=O) groups is 1. The maximum Gasteiger partial charge on any atom is 0.271 e. The molecule has 234 valence electrons. The number of aliphatic hydroxyl groups excluding tert-OH is 1. The van der Waals surface area contributed by atoms with Gasteiger partial charge in [0.25, 0.3) is 5.91 Å². The van der Waals surface area contributed by atoms with Crippen LogP contribution in [0.1, 0.15) is 16.2 Å². The summed E-state index contributed by atoms with van der Waals surface area (Å²) in [7, 11) is 0. The predicted molar refractivity (Wildman–Crippen MR) is 178 cm³/mol. The van der Waals surface area contributed by atoms with E-state index in [2.05, 4.69) is 15.1 Å². The van der Waals surface area contributed by atoms with Crippen LogP contribution in [0.5, 0.6) is 11.5 Å². The highest BCUT2D eigenvalue weighted by atomic mass is 35.5. The lowest BCUT2D eigenvalue weighted by Crippen LogP contribution is -2.50. The number of aliphatic hydroxyl groups is 1. The standard InChI is InChI=1S/C31H31Cl2N5O4.2ClH/c1-20-29(35-30(21-6-3-2-4-7-21)38(20)22-10-11-26-27(16-22)42-19-41-26)31(40)34-17-23(39)18-36-12-14-37(15-13-36)25-9-5-8-24(32)28(25)33;;/h2-11,16,23,39H,12-15,17-19H2,1H3,(H,34,40);2*1H. The molecule has 0 bridgehead atoms. The Morgan fingerprint density at radius 3 is 2.45 bits per heavy atom. The molecular weight excluding hydrogens is 648 g/mol. The molecule has 9 nitrogen and oxygen atoms in total. The lowest BCUT2D eigenvalue weighted by atomic mass is 10.2. The molecule has 2 aliphatic rings. The Balaban J connectivity index is 0.00000221. The van der Waals surface area contributed by atoms with Gasteiger partial charge in [-0.2, -0.15) is 0 Å². The second kappa shape index (κ2) is 14.7. The number of ether oxygens (including phenoxy) is 2. The first-order chi connectivity index (χ1) is 20.4. The Kier molecular flexibility index (Phi) is 11.3. The van der Waals surface area contributed by atoms with E-state index >= 15 is 0 Å². The molecule has 0 spiro atoms. The molecule has 1 unspecified atom stereocenters. The normalized spacial score (nSPS) is 14.9. The number of hydrogen-bond acceptors (Lipinski definition) is 7. The molecule has 0 aliphatic carbocycles. The number of halogens is 4. The van der Waals surface area contributed by atoms with Gasteiger partial charge in [0, 0.05) is 50.9 Å². The Bertz CT molecular complexity index is 1600. The van der Waals surface area contributed by atoms with Crippen LogP contribution in [0.25, 0.3) is 17.1 Å². The van der Waals surface area contributed by atoms with Crippen molar-refractivity contribution < 1.29 is 19.4 Å². The molecule has 2 aliphatic heterocycles. The number of aromatic nitrogens is 2. The van der Waals surface area contributed by atoms with Crippen LogP contribution in [-0.2, 0) is 0 Å². The van der Waals surface area contributed by atoms with Crippen molar-refractivity contribution in [2.45, 2.75) is 13.0 Å². The van der Waals surface area contributed by atoms with Crippen LogP contribution in [-0.4, -0.2) is 77.6 Å². The van der Waals surface area contributed by atoms with Gasteiger partial charge in [0.1, 0.15) is 11.5 Å². The third-order valence-electron chi connectivity index (χ3n) is 7.58. The zero-order chi connectivity index (χ0) is 29.2. The average Bonchev–Trinajstić information content (AvgIpc) is 3.62. The number of anilines is 1.